The van der Waals surface area contributed by atoms with E-state index in [1.165, 1.54) is 88.3 Å². The molecule has 0 amide bonds. The smallest absolute Gasteiger partial charge is 0.137 e. The molecule has 0 aliphatic heterocycles. The number of benzene rings is 11. The number of anilines is 3. The molecule has 1 spiro atoms. The molecule has 0 fully saturated rings. The van der Waals surface area contributed by atoms with Crippen LogP contribution in [0.5, 0.6) is 0 Å². The molecule has 0 saturated heterocycles. The Morgan fingerprint density at radius 3 is 1.60 bits per heavy atom. The Bertz CT molecular complexity index is 3900. The van der Waals surface area contributed by atoms with E-state index in [0.29, 0.717) is 0 Å². The van der Waals surface area contributed by atoms with Crippen molar-refractivity contribution in [3.05, 3.63) is 259 Å². The third-order valence-electron chi connectivity index (χ3n) is 14.3. The fourth-order valence-electron chi connectivity index (χ4n) is 11.7. The van der Waals surface area contributed by atoms with Gasteiger partial charge < -0.3 is 9.32 Å². The van der Waals surface area contributed by atoms with E-state index >= 15 is 0 Å². The first kappa shape index (κ1) is 36.1. The van der Waals surface area contributed by atoms with Crippen LogP contribution < -0.4 is 4.90 Å². The van der Waals surface area contributed by atoms with Gasteiger partial charge in [0.2, 0.25) is 0 Å². The van der Waals surface area contributed by atoms with Crippen molar-refractivity contribution >= 4 is 60.5 Å². The zero-order valence-electron chi connectivity index (χ0n) is 35.4. The van der Waals surface area contributed by atoms with Gasteiger partial charge in [0.1, 0.15) is 11.2 Å². The molecule has 0 radical (unpaired) electrons. The summed E-state index contributed by atoms with van der Waals surface area (Å²) in [4.78, 5) is 2.45. The third-order valence-corrected chi connectivity index (χ3v) is 14.3. The van der Waals surface area contributed by atoms with Crippen LogP contribution in [0.2, 0.25) is 0 Å². The summed E-state index contributed by atoms with van der Waals surface area (Å²) in [6.07, 6.45) is 0. The molecule has 0 bridgehead atoms. The summed E-state index contributed by atoms with van der Waals surface area (Å²) in [5.41, 5.74) is 19.3. The second-order valence-electron chi connectivity index (χ2n) is 17.5. The minimum Gasteiger partial charge on any atom is -0.456 e. The molecule has 0 saturated carbocycles. The highest BCUT2D eigenvalue weighted by Gasteiger charge is 2.51. The summed E-state index contributed by atoms with van der Waals surface area (Å²) in [6.45, 7) is 0. The molecule has 1 heterocycles. The Hall–Kier alpha value is -8.46. The third kappa shape index (κ3) is 4.99. The molecule has 2 heteroatoms. The number of furan rings is 1. The molecule has 2 aliphatic rings. The molecular weight excluding hydrogens is 787 g/mol. The van der Waals surface area contributed by atoms with Gasteiger partial charge in [0.05, 0.1) is 16.5 Å². The van der Waals surface area contributed by atoms with Crippen molar-refractivity contribution in [3.63, 3.8) is 0 Å². The Balaban J connectivity index is 1.14. The van der Waals surface area contributed by atoms with Crippen molar-refractivity contribution in [1.29, 1.82) is 0 Å². The van der Waals surface area contributed by atoms with Gasteiger partial charge in [0.15, 0.2) is 0 Å². The predicted octanol–water partition coefficient (Wildman–Crippen LogP) is 17.0. The van der Waals surface area contributed by atoms with Crippen LogP contribution in [-0.4, -0.2) is 0 Å². The topological polar surface area (TPSA) is 16.4 Å². The molecule has 1 atom stereocenters. The number of hydrogen-bond donors (Lipinski definition) is 0. The number of para-hydroxylation sites is 1. The van der Waals surface area contributed by atoms with E-state index < -0.39 is 5.41 Å². The molecule has 1 aromatic heterocycles. The van der Waals surface area contributed by atoms with Crippen LogP contribution in [0.4, 0.5) is 17.1 Å². The molecule has 1 unspecified atom stereocenters. The molecular formula is C63H39NO. The van der Waals surface area contributed by atoms with Gasteiger partial charge in [0, 0.05) is 16.8 Å². The minimum absolute atomic E-state index is 0.701. The fraction of sp³-hybridized carbons (Fsp3) is 0.0159. The van der Waals surface area contributed by atoms with Crippen molar-refractivity contribution in [2.45, 2.75) is 5.41 Å². The highest BCUT2D eigenvalue weighted by Crippen LogP contribution is 2.64. The normalized spacial score (nSPS) is 14.5. The maximum Gasteiger partial charge on any atom is 0.137 e. The lowest BCUT2D eigenvalue weighted by molar-refractivity contribution is 0.669. The summed E-state index contributed by atoms with van der Waals surface area (Å²) in [7, 11) is 0. The van der Waals surface area contributed by atoms with Crippen LogP contribution in [0.1, 0.15) is 22.3 Å². The SMILES string of the molecule is c1ccc(-c2ccc(N(c3ccc4c(c3)C3(c5ccccc5-c5ccccc5-4)c4ccccc4-c4c3c3ccccc3c3ccccc43)c3cccc4oc5ccccc5c34)cc2)cc1. The molecule has 2 nitrogen and oxygen atoms in total. The lowest BCUT2D eigenvalue weighted by Gasteiger charge is -2.37. The van der Waals surface area contributed by atoms with E-state index in [-0.39, 0.29) is 0 Å². The highest BCUT2D eigenvalue weighted by atomic mass is 16.3. The van der Waals surface area contributed by atoms with Gasteiger partial charge in [-0.15, -0.1) is 0 Å². The first-order valence-corrected chi connectivity index (χ1v) is 22.5. The van der Waals surface area contributed by atoms with E-state index in [1.54, 1.807) is 0 Å². The standard InChI is InChI=1S/C63H39NO/c1-2-17-40(18-3-1)41-33-35-42(36-34-41)64(57-30-16-32-59-61(57)53-27-12-15-31-58(53)65-59)43-37-38-49-45-20-5-4-19-44(45)48-23-10-13-28-54(48)63(56(49)39-43)55-29-14-11-26-52(55)60-50-24-8-6-21-46(50)47-22-7-9-25-51(47)62(60)63/h1-39H. The van der Waals surface area contributed by atoms with Crippen molar-refractivity contribution < 1.29 is 4.42 Å². The van der Waals surface area contributed by atoms with E-state index in [2.05, 4.69) is 241 Å². The fourth-order valence-corrected chi connectivity index (χ4v) is 11.7. The number of fused-ring (bicyclic) bond motifs is 20. The van der Waals surface area contributed by atoms with Crippen molar-refractivity contribution in [3.8, 4) is 44.5 Å². The molecule has 2 aliphatic carbocycles. The van der Waals surface area contributed by atoms with Gasteiger partial charge in [-0.3, -0.25) is 0 Å². The first-order valence-electron chi connectivity index (χ1n) is 22.5. The summed E-state index contributed by atoms with van der Waals surface area (Å²) < 4.78 is 6.58. The average Bonchev–Trinajstić information content (AvgIpc) is 3.89. The maximum atomic E-state index is 6.58. The van der Waals surface area contributed by atoms with Gasteiger partial charge in [-0.1, -0.05) is 194 Å². The van der Waals surface area contributed by atoms with Gasteiger partial charge in [-0.2, -0.15) is 0 Å². The van der Waals surface area contributed by atoms with Crippen molar-refractivity contribution in [2.24, 2.45) is 0 Å². The van der Waals surface area contributed by atoms with Gasteiger partial charge in [0.25, 0.3) is 0 Å². The Morgan fingerprint density at radius 1 is 0.323 bits per heavy atom. The molecule has 0 N–H and O–H groups in total. The second-order valence-corrected chi connectivity index (χ2v) is 17.5. The minimum atomic E-state index is -0.701. The van der Waals surface area contributed by atoms with Crippen LogP contribution in [0, 0.1) is 0 Å². The largest absolute Gasteiger partial charge is 0.456 e. The zero-order valence-corrected chi connectivity index (χ0v) is 35.4. The lowest BCUT2D eigenvalue weighted by atomic mass is 9.64. The van der Waals surface area contributed by atoms with E-state index in [0.717, 1.165) is 39.0 Å². The number of nitrogens with zero attached hydrogens (tertiary/aromatic N) is 1. The van der Waals surface area contributed by atoms with Crippen LogP contribution in [0.15, 0.2) is 241 Å². The summed E-state index contributed by atoms with van der Waals surface area (Å²) in [5.74, 6) is 0. The summed E-state index contributed by atoms with van der Waals surface area (Å²) in [5, 5.41) is 7.28. The van der Waals surface area contributed by atoms with Gasteiger partial charge in [-0.25, -0.2) is 0 Å². The van der Waals surface area contributed by atoms with Crippen LogP contribution in [-0.2, 0) is 5.41 Å². The molecule has 14 rings (SSSR count). The van der Waals surface area contributed by atoms with Gasteiger partial charge >= 0.3 is 0 Å². The number of hydrogen-bond acceptors (Lipinski definition) is 2. The molecule has 65 heavy (non-hydrogen) atoms. The Kier molecular flexibility index (Phi) is 7.64. The Morgan fingerprint density at radius 2 is 0.846 bits per heavy atom. The van der Waals surface area contributed by atoms with E-state index in [9.17, 15) is 0 Å². The van der Waals surface area contributed by atoms with Crippen molar-refractivity contribution in [2.75, 3.05) is 4.90 Å². The molecule has 302 valence electrons. The summed E-state index contributed by atoms with van der Waals surface area (Å²) in [6, 6.07) is 87.4. The van der Waals surface area contributed by atoms with Crippen LogP contribution >= 0.6 is 0 Å². The second kappa shape index (κ2) is 13.8. The van der Waals surface area contributed by atoms with Gasteiger partial charge in [-0.05, 0) is 131 Å². The first-order chi connectivity index (χ1) is 32.3. The Labute approximate surface area is 376 Å². The molecule has 11 aromatic carbocycles. The quantitative estimate of drug-likeness (QED) is 0.164. The van der Waals surface area contributed by atoms with Crippen molar-refractivity contribution in [1.82, 2.24) is 0 Å². The average molecular weight is 826 g/mol. The van der Waals surface area contributed by atoms with E-state index in [1.807, 2.05) is 0 Å². The van der Waals surface area contributed by atoms with Crippen LogP contribution in [0.25, 0.3) is 88.0 Å². The highest BCUT2D eigenvalue weighted by molar-refractivity contribution is 6.20. The van der Waals surface area contributed by atoms with Crippen LogP contribution in [0.3, 0.4) is 0 Å². The number of rotatable bonds is 4. The zero-order chi connectivity index (χ0) is 42.6. The van der Waals surface area contributed by atoms with E-state index in [4.69, 9.17) is 4.42 Å². The lowest BCUT2D eigenvalue weighted by Crippen LogP contribution is -2.30. The molecule has 12 aromatic rings. The predicted molar refractivity (Wildman–Crippen MR) is 271 cm³/mol. The summed E-state index contributed by atoms with van der Waals surface area (Å²) >= 11 is 0. The monoisotopic (exact) mass is 825 g/mol. The maximum absolute atomic E-state index is 6.58.